The van der Waals surface area contributed by atoms with E-state index >= 15 is 0 Å². The average molecular weight is 398 g/mol. The molecular weight excluding hydrogens is 376 g/mol. The van der Waals surface area contributed by atoms with E-state index in [4.69, 9.17) is 14.2 Å². The summed E-state index contributed by atoms with van der Waals surface area (Å²) in [6.45, 7) is 0. The van der Waals surface area contributed by atoms with Gasteiger partial charge in [0, 0.05) is 18.7 Å². The Bertz CT molecular complexity index is 895. The number of esters is 1. The zero-order valence-electron chi connectivity index (χ0n) is 16.3. The number of amides is 3. The minimum absolute atomic E-state index is 0.432. The molecule has 2 aromatic rings. The second-order valence-electron chi connectivity index (χ2n) is 5.74. The predicted octanol–water partition coefficient (Wildman–Crippen LogP) is 2.46. The van der Waals surface area contributed by atoms with Crippen LogP contribution in [0.25, 0.3) is 6.08 Å². The van der Waals surface area contributed by atoms with Gasteiger partial charge in [-0.05, 0) is 23.8 Å². The summed E-state index contributed by atoms with van der Waals surface area (Å²) < 4.78 is 15.7. The fourth-order valence-electron chi connectivity index (χ4n) is 2.42. The zero-order chi connectivity index (χ0) is 21.2. The first kappa shape index (κ1) is 21.5. The molecule has 2 aromatic carbocycles. The molecule has 8 nitrogen and oxygen atoms in total. The molecule has 0 saturated carbocycles. The normalized spacial score (nSPS) is 11.4. The highest BCUT2D eigenvalue weighted by Crippen LogP contribution is 2.28. The van der Waals surface area contributed by atoms with Gasteiger partial charge in [0.05, 0.1) is 14.2 Å². The number of nitrogens with one attached hydrogen (secondary N) is 2. The molecule has 1 atom stereocenters. The van der Waals surface area contributed by atoms with Crippen LogP contribution in [0.1, 0.15) is 17.2 Å². The lowest BCUT2D eigenvalue weighted by molar-refractivity contribution is -0.151. The van der Waals surface area contributed by atoms with Crippen LogP contribution in [0, 0.1) is 0 Å². The maximum atomic E-state index is 12.4. The molecule has 2 N–H and O–H groups in total. The Kier molecular flexibility index (Phi) is 7.78. The van der Waals surface area contributed by atoms with E-state index in [0.29, 0.717) is 22.6 Å². The van der Waals surface area contributed by atoms with Crippen LogP contribution in [0.2, 0.25) is 0 Å². The van der Waals surface area contributed by atoms with Crippen LogP contribution in [-0.2, 0) is 14.3 Å². The van der Waals surface area contributed by atoms with Gasteiger partial charge >= 0.3 is 12.0 Å². The number of hydrogen-bond donors (Lipinski definition) is 2. The number of urea groups is 1. The number of benzene rings is 2. The van der Waals surface area contributed by atoms with Gasteiger partial charge in [0.15, 0.2) is 11.5 Å². The minimum Gasteiger partial charge on any atom is -0.493 e. The molecule has 2 rings (SSSR count). The highest BCUT2D eigenvalue weighted by Gasteiger charge is 2.25. The standard InChI is InChI=1S/C21H22N2O6/c1-22-21(26)23-20(25)19(15-7-5-4-6-8-15)29-18(24)12-10-14-9-11-16(27-2)17(13-14)28-3/h4-13,19H,1-3H3,(H2,22,23,25,26)/b12-10+/t19-/m0/s1. The smallest absolute Gasteiger partial charge is 0.331 e. The zero-order valence-corrected chi connectivity index (χ0v) is 16.3. The maximum absolute atomic E-state index is 12.4. The summed E-state index contributed by atoms with van der Waals surface area (Å²) in [4.78, 5) is 36.1. The van der Waals surface area contributed by atoms with Crippen molar-refractivity contribution in [2.75, 3.05) is 21.3 Å². The van der Waals surface area contributed by atoms with E-state index in [9.17, 15) is 14.4 Å². The quantitative estimate of drug-likeness (QED) is 0.549. The molecule has 3 amide bonds. The molecule has 0 aliphatic rings. The molecule has 0 unspecified atom stereocenters. The molecule has 0 radical (unpaired) electrons. The van der Waals surface area contributed by atoms with Gasteiger partial charge in [0.2, 0.25) is 6.10 Å². The van der Waals surface area contributed by atoms with Crippen molar-refractivity contribution in [3.8, 4) is 11.5 Å². The van der Waals surface area contributed by atoms with E-state index in [1.165, 1.54) is 33.4 Å². The molecule has 152 valence electrons. The molecule has 0 spiro atoms. The van der Waals surface area contributed by atoms with E-state index in [0.717, 1.165) is 0 Å². The highest BCUT2D eigenvalue weighted by molar-refractivity contribution is 5.98. The average Bonchev–Trinajstić information content (AvgIpc) is 2.76. The summed E-state index contributed by atoms with van der Waals surface area (Å²) in [6, 6.07) is 12.8. The summed E-state index contributed by atoms with van der Waals surface area (Å²) in [7, 11) is 4.41. The highest BCUT2D eigenvalue weighted by atomic mass is 16.5. The van der Waals surface area contributed by atoms with Crippen LogP contribution in [0.4, 0.5) is 4.79 Å². The number of ether oxygens (including phenoxy) is 3. The molecule has 0 fully saturated rings. The third-order valence-electron chi connectivity index (χ3n) is 3.86. The van der Waals surface area contributed by atoms with E-state index in [-0.39, 0.29) is 0 Å². The largest absolute Gasteiger partial charge is 0.493 e. The summed E-state index contributed by atoms with van der Waals surface area (Å²) >= 11 is 0. The molecule has 0 aliphatic carbocycles. The third-order valence-corrected chi connectivity index (χ3v) is 3.86. The maximum Gasteiger partial charge on any atom is 0.331 e. The Morgan fingerprint density at radius 2 is 1.66 bits per heavy atom. The first-order chi connectivity index (χ1) is 14.0. The molecule has 0 heterocycles. The number of imide groups is 1. The monoisotopic (exact) mass is 398 g/mol. The number of carbonyl (C=O) groups is 3. The molecule has 8 heteroatoms. The summed E-state index contributed by atoms with van der Waals surface area (Å²) in [5, 5.41) is 4.39. The second-order valence-corrected chi connectivity index (χ2v) is 5.74. The molecule has 0 bridgehead atoms. The molecule has 0 aliphatic heterocycles. The van der Waals surface area contributed by atoms with Crippen LogP contribution >= 0.6 is 0 Å². The number of carbonyl (C=O) groups excluding carboxylic acids is 3. The van der Waals surface area contributed by atoms with Gasteiger partial charge in [-0.1, -0.05) is 36.4 Å². The van der Waals surface area contributed by atoms with Gasteiger partial charge in [-0.2, -0.15) is 0 Å². The number of rotatable bonds is 7. The summed E-state index contributed by atoms with van der Waals surface area (Å²) in [5.74, 6) is -0.443. The minimum atomic E-state index is -1.28. The van der Waals surface area contributed by atoms with E-state index in [1.54, 1.807) is 48.5 Å². The predicted molar refractivity (Wildman–Crippen MR) is 106 cm³/mol. The lowest BCUT2D eigenvalue weighted by Gasteiger charge is -2.16. The van der Waals surface area contributed by atoms with Crippen molar-refractivity contribution in [3.63, 3.8) is 0 Å². The summed E-state index contributed by atoms with van der Waals surface area (Å²) in [6.07, 6.45) is 1.42. The fraction of sp³-hybridized carbons (Fsp3) is 0.190. The van der Waals surface area contributed by atoms with Crippen LogP contribution in [0.3, 0.4) is 0 Å². The van der Waals surface area contributed by atoms with Crippen LogP contribution in [0.5, 0.6) is 11.5 Å². The second kappa shape index (κ2) is 10.5. The Morgan fingerprint density at radius 3 is 2.28 bits per heavy atom. The van der Waals surface area contributed by atoms with Crippen molar-refractivity contribution in [2.24, 2.45) is 0 Å². The Labute approximate surface area is 168 Å². The molecule has 0 aromatic heterocycles. The molecule has 0 saturated heterocycles. The fourth-order valence-corrected chi connectivity index (χ4v) is 2.42. The van der Waals surface area contributed by atoms with Crippen LogP contribution < -0.4 is 20.1 Å². The Hall–Kier alpha value is -3.81. The van der Waals surface area contributed by atoms with E-state index in [1.807, 2.05) is 0 Å². The van der Waals surface area contributed by atoms with E-state index < -0.39 is 24.0 Å². The number of methoxy groups -OCH3 is 2. The Balaban J connectivity index is 2.16. The lowest BCUT2D eigenvalue weighted by Crippen LogP contribution is -2.41. The third kappa shape index (κ3) is 6.10. The Morgan fingerprint density at radius 1 is 0.966 bits per heavy atom. The van der Waals surface area contributed by atoms with Crippen molar-refractivity contribution in [1.82, 2.24) is 10.6 Å². The lowest BCUT2D eigenvalue weighted by atomic mass is 10.1. The molecular formula is C21H22N2O6. The molecule has 29 heavy (non-hydrogen) atoms. The van der Waals surface area contributed by atoms with Crippen molar-refractivity contribution in [1.29, 1.82) is 0 Å². The SMILES string of the molecule is CNC(=O)NC(=O)[C@@H](OC(=O)/C=C/c1ccc(OC)c(OC)c1)c1ccccc1. The van der Waals surface area contributed by atoms with Gasteiger partial charge in [0.25, 0.3) is 5.91 Å². The van der Waals surface area contributed by atoms with Crippen molar-refractivity contribution in [2.45, 2.75) is 6.10 Å². The first-order valence-electron chi connectivity index (χ1n) is 8.66. The van der Waals surface area contributed by atoms with Crippen molar-refractivity contribution >= 4 is 24.0 Å². The van der Waals surface area contributed by atoms with Crippen molar-refractivity contribution < 1.29 is 28.6 Å². The van der Waals surface area contributed by atoms with Gasteiger partial charge < -0.3 is 19.5 Å². The van der Waals surface area contributed by atoms with Crippen LogP contribution in [-0.4, -0.2) is 39.2 Å². The van der Waals surface area contributed by atoms with Gasteiger partial charge in [-0.3, -0.25) is 10.1 Å². The van der Waals surface area contributed by atoms with Gasteiger partial charge in [0.1, 0.15) is 0 Å². The topological polar surface area (TPSA) is 103 Å². The van der Waals surface area contributed by atoms with Crippen LogP contribution in [0.15, 0.2) is 54.6 Å². The number of hydrogen-bond acceptors (Lipinski definition) is 6. The summed E-state index contributed by atoms with van der Waals surface area (Å²) in [5.41, 5.74) is 1.10. The van der Waals surface area contributed by atoms with E-state index in [2.05, 4.69) is 10.6 Å². The van der Waals surface area contributed by atoms with Crippen molar-refractivity contribution in [3.05, 3.63) is 65.7 Å². The van der Waals surface area contributed by atoms with Gasteiger partial charge in [-0.15, -0.1) is 0 Å². The van der Waals surface area contributed by atoms with Gasteiger partial charge in [-0.25, -0.2) is 9.59 Å². The first-order valence-corrected chi connectivity index (χ1v) is 8.66.